The minimum absolute atomic E-state index is 0.0161. The number of carboxylic acids is 1. The molecule has 0 radical (unpaired) electrons. The van der Waals surface area contributed by atoms with Gasteiger partial charge in [-0.2, -0.15) is 5.10 Å². The van der Waals surface area contributed by atoms with E-state index in [0.717, 1.165) is 41.8 Å². The Morgan fingerprint density at radius 2 is 2.00 bits per heavy atom. The summed E-state index contributed by atoms with van der Waals surface area (Å²) in [5.74, 6) is 0.564. The van der Waals surface area contributed by atoms with Crippen LogP contribution in [0.25, 0.3) is 0 Å². The number of hydrogen-bond donors (Lipinski definition) is 1. The highest BCUT2D eigenvalue weighted by Crippen LogP contribution is 2.36. The molecule has 0 amide bonds. The lowest BCUT2D eigenvalue weighted by Gasteiger charge is -2.28. The van der Waals surface area contributed by atoms with Gasteiger partial charge in [0, 0.05) is 42.8 Å². The lowest BCUT2D eigenvalue weighted by atomic mass is 9.86. The Kier molecular flexibility index (Phi) is 7.74. The number of carbonyl (C=O) groups is 1. The molecule has 3 heterocycles. The van der Waals surface area contributed by atoms with Crippen LogP contribution in [-0.2, 0) is 42.3 Å². The molecule has 8 nitrogen and oxygen atoms in total. The number of aliphatic carboxylic acids is 1. The molecule has 1 N–H and O–H groups in total. The molecule has 0 saturated carbocycles. The highest BCUT2D eigenvalue weighted by molar-refractivity contribution is 5.68. The number of methoxy groups -OCH3 is 1. The van der Waals surface area contributed by atoms with Crippen molar-refractivity contribution in [2.75, 3.05) is 26.9 Å². The average molecular weight is 506 g/mol. The molecule has 1 atom stereocenters. The zero-order valence-electron chi connectivity index (χ0n) is 21.6. The van der Waals surface area contributed by atoms with E-state index in [1.54, 1.807) is 11.8 Å². The Balaban J connectivity index is 1.27. The molecule has 1 aliphatic carbocycles. The standard InChI is InChI=1S/C29H35N3O5/c1-32-28(37-12-11-23-9-7-19-5-3-4-6-26(19)30-23)16-24(31-32)13-21(15-29(33)34)25-14-20(22-17-36-18-22)8-10-27(25)35-2/h7-10,14,16,21-22H,3-6,11-13,15,17-18H2,1-2H3,(H,33,34). The van der Waals surface area contributed by atoms with Gasteiger partial charge in [-0.05, 0) is 60.9 Å². The summed E-state index contributed by atoms with van der Waals surface area (Å²) in [5.41, 5.74) is 6.49. The van der Waals surface area contributed by atoms with E-state index in [1.807, 2.05) is 25.2 Å². The second-order valence-corrected chi connectivity index (χ2v) is 10.0. The fourth-order valence-corrected chi connectivity index (χ4v) is 5.28. The van der Waals surface area contributed by atoms with Crippen molar-refractivity contribution in [2.24, 2.45) is 7.05 Å². The van der Waals surface area contributed by atoms with Crippen molar-refractivity contribution in [3.63, 3.8) is 0 Å². The van der Waals surface area contributed by atoms with Gasteiger partial charge < -0.3 is 19.3 Å². The van der Waals surface area contributed by atoms with Crippen LogP contribution in [0.15, 0.2) is 36.4 Å². The van der Waals surface area contributed by atoms with Crippen LogP contribution in [0.1, 0.15) is 64.9 Å². The molecule has 3 aromatic rings. The summed E-state index contributed by atoms with van der Waals surface area (Å²) in [4.78, 5) is 16.6. The summed E-state index contributed by atoms with van der Waals surface area (Å²) in [5, 5.41) is 14.3. The van der Waals surface area contributed by atoms with Crippen LogP contribution in [0.3, 0.4) is 0 Å². The molecule has 1 unspecified atom stereocenters. The first-order valence-electron chi connectivity index (χ1n) is 13.1. The Morgan fingerprint density at radius 3 is 2.76 bits per heavy atom. The minimum Gasteiger partial charge on any atom is -0.496 e. The van der Waals surface area contributed by atoms with Gasteiger partial charge in [-0.25, -0.2) is 4.68 Å². The van der Waals surface area contributed by atoms with Crippen molar-refractivity contribution in [3.05, 3.63) is 70.2 Å². The second-order valence-electron chi connectivity index (χ2n) is 10.0. The number of rotatable bonds is 11. The van der Waals surface area contributed by atoms with Crippen LogP contribution in [-0.4, -0.2) is 52.8 Å². The van der Waals surface area contributed by atoms with Crippen molar-refractivity contribution in [1.82, 2.24) is 14.8 Å². The van der Waals surface area contributed by atoms with Crippen molar-refractivity contribution >= 4 is 5.97 Å². The molecule has 0 bridgehead atoms. The number of aryl methyl sites for hydroxylation is 3. The summed E-state index contributed by atoms with van der Waals surface area (Å²) in [6, 6.07) is 12.3. The Morgan fingerprint density at radius 1 is 1.16 bits per heavy atom. The summed E-state index contributed by atoms with van der Waals surface area (Å²) < 4.78 is 18.7. The first-order valence-corrected chi connectivity index (χ1v) is 13.1. The first kappa shape index (κ1) is 25.3. The number of pyridine rings is 1. The predicted octanol–water partition coefficient (Wildman–Crippen LogP) is 4.24. The Bertz CT molecular complexity index is 1250. The molecule has 8 heteroatoms. The lowest BCUT2D eigenvalue weighted by Crippen LogP contribution is -2.25. The maximum absolute atomic E-state index is 11.8. The van der Waals surface area contributed by atoms with Gasteiger partial charge in [0.25, 0.3) is 0 Å². The summed E-state index contributed by atoms with van der Waals surface area (Å²) >= 11 is 0. The lowest BCUT2D eigenvalue weighted by molar-refractivity contribution is -0.137. The molecule has 1 aliphatic heterocycles. The molecule has 0 spiro atoms. The fraction of sp³-hybridized carbons (Fsp3) is 0.483. The fourth-order valence-electron chi connectivity index (χ4n) is 5.28. The highest BCUT2D eigenvalue weighted by atomic mass is 16.5. The van der Waals surface area contributed by atoms with Crippen LogP contribution in [0.2, 0.25) is 0 Å². The normalized spacial score (nSPS) is 16.1. The van der Waals surface area contributed by atoms with E-state index in [-0.39, 0.29) is 12.3 Å². The van der Waals surface area contributed by atoms with E-state index in [4.69, 9.17) is 19.2 Å². The van der Waals surface area contributed by atoms with Crippen LogP contribution < -0.4 is 9.47 Å². The highest BCUT2D eigenvalue weighted by Gasteiger charge is 2.26. The molecular weight excluding hydrogens is 470 g/mol. The van der Waals surface area contributed by atoms with Gasteiger partial charge in [0.1, 0.15) is 5.75 Å². The monoisotopic (exact) mass is 505 g/mol. The van der Waals surface area contributed by atoms with Gasteiger partial charge in [0.05, 0.1) is 39.0 Å². The maximum atomic E-state index is 11.8. The molecule has 1 saturated heterocycles. The SMILES string of the molecule is COc1ccc(C2COC2)cc1C(CC(=O)O)Cc1cc(OCCc2ccc3c(n2)CCCC3)n(C)n1. The number of benzene rings is 1. The van der Waals surface area contributed by atoms with Gasteiger partial charge in [-0.3, -0.25) is 9.78 Å². The van der Waals surface area contributed by atoms with Crippen molar-refractivity contribution in [2.45, 2.75) is 56.8 Å². The summed E-state index contributed by atoms with van der Waals surface area (Å²) in [6.07, 6.45) is 5.84. The number of carboxylic acid groups (broad SMARTS) is 1. The number of fused-ring (bicyclic) bond motifs is 1. The zero-order chi connectivity index (χ0) is 25.8. The van der Waals surface area contributed by atoms with Gasteiger partial charge in [0.2, 0.25) is 5.88 Å². The minimum atomic E-state index is -0.852. The largest absolute Gasteiger partial charge is 0.496 e. The maximum Gasteiger partial charge on any atom is 0.303 e. The van der Waals surface area contributed by atoms with E-state index < -0.39 is 5.97 Å². The smallest absolute Gasteiger partial charge is 0.303 e. The van der Waals surface area contributed by atoms with Crippen molar-refractivity contribution in [3.8, 4) is 11.6 Å². The van der Waals surface area contributed by atoms with Gasteiger partial charge in [-0.1, -0.05) is 18.2 Å². The number of nitrogens with zero attached hydrogens (tertiary/aromatic N) is 3. The molecular formula is C29H35N3O5. The molecule has 2 aromatic heterocycles. The second kappa shape index (κ2) is 11.3. The van der Waals surface area contributed by atoms with Crippen LogP contribution in [0.4, 0.5) is 0 Å². The van der Waals surface area contributed by atoms with Crippen LogP contribution in [0, 0.1) is 0 Å². The van der Waals surface area contributed by atoms with Crippen molar-refractivity contribution in [1.29, 1.82) is 0 Å². The van der Waals surface area contributed by atoms with Gasteiger partial charge >= 0.3 is 5.97 Å². The zero-order valence-corrected chi connectivity index (χ0v) is 21.6. The Labute approximate surface area is 217 Å². The molecule has 37 heavy (non-hydrogen) atoms. The number of aromatic nitrogens is 3. The van der Waals surface area contributed by atoms with E-state index in [9.17, 15) is 9.90 Å². The molecule has 5 rings (SSSR count). The van der Waals surface area contributed by atoms with Crippen molar-refractivity contribution < 1.29 is 24.1 Å². The average Bonchev–Trinajstić information content (AvgIpc) is 3.20. The van der Waals surface area contributed by atoms with Crippen LogP contribution >= 0.6 is 0 Å². The number of hydrogen-bond acceptors (Lipinski definition) is 6. The third-order valence-electron chi connectivity index (χ3n) is 7.41. The molecule has 1 fully saturated rings. The summed E-state index contributed by atoms with van der Waals surface area (Å²) in [6.45, 7) is 1.89. The topological polar surface area (TPSA) is 95.7 Å². The molecule has 2 aliphatic rings. The van der Waals surface area contributed by atoms with E-state index >= 15 is 0 Å². The predicted molar refractivity (Wildman–Crippen MR) is 139 cm³/mol. The third-order valence-corrected chi connectivity index (χ3v) is 7.41. The third kappa shape index (κ3) is 5.96. The van der Waals surface area contributed by atoms with E-state index in [2.05, 4.69) is 23.3 Å². The Hall–Kier alpha value is -3.39. The quantitative estimate of drug-likeness (QED) is 0.416. The molecule has 196 valence electrons. The van der Waals surface area contributed by atoms with Crippen LogP contribution in [0.5, 0.6) is 11.6 Å². The van der Waals surface area contributed by atoms with Gasteiger partial charge in [-0.15, -0.1) is 0 Å². The number of ether oxygens (including phenoxy) is 3. The summed E-state index contributed by atoms with van der Waals surface area (Å²) in [7, 11) is 3.47. The van der Waals surface area contributed by atoms with E-state index in [1.165, 1.54) is 24.1 Å². The molecule has 1 aromatic carbocycles. The van der Waals surface area contributed by atoms with Gasteiger partial charge in [0.15, 0.2) is 0 Å². The van der Waals surface area contributed by atoms with E-state index in [0.29, 0.717) is 43.8 Å². The first-order chi connectivity index (χ1) is 18.0.